The van der Waals surface area contributed by atoms with Gasteiger partial charge in [-0.05, 0) is 31.0 Å². The quantitative estimate of drug-likeness (QED) is 0.464. The van der Waals surface area contributed by atoms with Crippen molar-refractivity contribution in [2.24, 2.45) is 5.73 Å². The summed E-state index contributed by atoms with van der Waals surface area (Å²) in [7, 11) is 1.39. The number of methoxy groups -OCH3 is 1. The van der Waals surface area contributed by atoms with Crippen molar-refractivity contribution < 1.29 is 9.53 Å². The summed E-state index contributed by atoms with van der Waals surface area (Å²) in [5.74, 6) is 1.02. The first-order valence-electron chi connectivity index (χ1n) is 9.10. The fraction of sp³-hybridized carbons (Fsp3) is 0.286. The monoisotopic (exact) mass is 396 g/mol. The van der Waals surface area contributed by atoms with Gasteiger partial charge in [-0.2, -0.15) is 0 Å². The Morgan fingerprint density at radius 2 is 1.86 bits per heavy atom. The van der Waals surface area contributed by atoms with Crippen LogP contribution in [0, 0.1) is 6.92 Å². The van der Waals surface area contributed by atoms with Crippen LogP contribution in [0.4, 0.5) is 0 Å². The van der Waals surface area contributed by atoms with E-state index in [1.165, 1.54) is 24.4 Å². The van der Waals surface area contributed by atoms with E-state index in [1.807, 2.05) is 54.0 Å². The first-order valence-corrected chi connectivity index (χ1v) is 10.1. The molecule has 1 aromatic heterocycles. The summed E-state index contributed by atoms with van der Waals surface area (Å²) in [6.45, 7) is 2.05. The van der Waals surface area contributed by atoms with Gasteiger partial charge in [0.15, 0.2) is 11.0 Å². The number of aromatic nitrogens is 3. The molecule has 7 heteroatoms. The predicted molar refractivity (Wildman–Crippen MR) is 111 cm³/mol. The van der Waals surface area contributed by atoms with Crippen LogP contribution in [0.5, 0.6) is 0 Å². The van der Waals surface area contributed by atoms with E-state index < -0.39 is 0 Å². The van der Waals surface area contributed by atoms with E-state index in [1.54, 1.807) is 0 Å². The summed E-state index contributed by atoms with van der Waals surface area (Å²) < 4.78 is 6.69. The molecule has 0 aliphatic rings. The molecule has 0 saturated carbocycles. The lowest BCUT2D eigenvalue weighted by molar-refractivity contribution is -0.140. The molecule has 2 N–H and O–H groups in total. The molecule has 0 saturated heterocycles. The minimum Gasteiger partial charge on any atom is -0.469 e. The standard InChI is InChI=1S/C21H24N4O2S/c1-15-8-10-17(11-9-15)25-20(18(22)14-16-6-4-3-5-7-16)23-24-21(25)28-13-12-19(26)27-2/h3-11,18H,12-14,22H2,1-2H3/t18-/m0/s1. The van der Waals surface area contributed by atoms with Gasteiger partial charge in [0.05, 0.1) is 19.6 Å². The SMILES string of the molecule is COC(=O)CCSc1nnc([C@@H](N)Cc2ccccc2)n1-c1ccc(C)cc1. The van der Waals surface area contributed by atoms with Crippen LogP contribution < -0.4 is 5.73 Å². The molecule has 28 heavy (non-hydrogen) atoms. The van der Waals surface area contributed by atoms with Crippen LogP contribution in [-0.4, -0.2) is 33.6 Å². The van der Waals surface area contributed by atoms with Crippen molar-refractivity contribution in [2.75, 3.05) is 12.9 Å². The zero-order valence-electron chi connectivity index (χ0n) is 16.0. The highest BCUT2D eigenvalue weighted by atomic mass is 32.2. The molecule has 0 aliphatic carbocycles. The number of rotatable bonds is 8. The van der Waals surface area contributed by atoms with Gasteiger partial charge in [0.2, 0.25) is 0 Å². The summed E-state index contributed by atoms with van der Waals surface area (Å²) >= 11 is 1.47. The molecule has 0 aliphatic heterocycles. The number of nitrogens with two attached hydrogens (primary N) is 1. The average molecular weight is 397 g/mol. The number of ether oxygens (including phenoxy) is 1. The van der Waals surface area contributed by atoms with Crippen LogP contribution in [0.2, 0.25) is 0 Å². The van der Waals surface area contributed by atoms with Gasteiger partial charge in [0, 0.05) is 11.4 Å². The van der Waals surface area contributed by atoms with E-state index in [2.05, 4.69) is 22.3 Å². The van der Waals surface area contributed by atoms with E-state index in [-0.39, 0.29) is 12.0 Å². The molecule has 3 rings (SSSR count). The number of esters is 1. The number of carbonyl (C=O) groups excluding carboxylic acids is 1. The Morgan fingerprint density at radius 3 is 2.54 bits per heavy atom. The van der Waals surface area contributed by atoms with Crippen molar-refractivity contribution in [1.82, 2.24) is 14.8 Å². The van der Waals surface area contributed by atoms with Crippen LogP contribution in [0.1, 0.15) is 29.4 Å². The molecule has 0 amide bonds. The van der Waals surface area contributed by atoms with Crippen LogP contribution in [-0.2, 0) is 16.0 Å². The number of nitrogens with zero attached hydrogens (tertiary/aromatic N) is 3. The van der Waals surface area contributed by atoms with Crippen LogP contribution >= 0.6 is 11.8 Å². The smallest absolute Gasteiger partial charge is 0.306 e. The zero-order valence-corrected chi connectivity index (χ0v) is 16.9. The van der Waals surface area contributed by atoms with Gasteiger partial charge in [-0.1, -0.05) is 59.8 Å². The number of hydrogen-bond acceptors (Lipinski definition) is 6. The largest absolute Gasteiger partial charge is 0.469 e. The van der Waals surface area contributed by atoms with Crippen LogP contribution in [0.3, 0.4) is 0 Å². The topological polar surface area (TPSA) is 83.0 Å². The van der Waals surface area contributed by atoms with Crippen LogP contribution in [0.25, 0.3) is 5.69 Å². The molecule has 0 fully saturated rings. The Morgan fingerprint density at radius 1 is 1.14 bits per heavy atom. The van der Waals surface area contributed by atoms with E-state index in [0.717, 1.165) is 11.3 Å². The number of carbonyl (C=O) groups is 1. The summed E-state index contributed by atoms with van der Waals surface area (Å²) in [6.07, 6.45) is 0.977. The van der Waals surface area contributed by atoms with Crippen molar-refractivity contribution in [2.45, 2.75) is 31.0 Å². The second-order valence-corrected chi connectivity index (χ2v) is 7.54. The molecule has 2 aromatic carbocycles. The first-order chi connectivity index (χ1) is 13.6. The van der Waals surface area contributed by atoms with Crippen LogP contribution in [0.15, 0.2) is 59.8 Å². The number of benzene rings is 2. The maximum Gasteiger partial charge on any atom is 0.306 e. The van der Waals surface area contributed by atoms with Gasteiger partial charge >= 0.3 is 5.97 Å². The fourth-order valence-corrected chi connectivity index (χ4v) is 3.72. The Bertz CT molecular complexity index is 910. The number of hydrogen-bond donors (Lipinski definition) is 1. The maximum atomic E-state index is 11.4. The maximum absolute atomic E-state index is 11.4. The molecule has 3 aromatic rings. The molecule has 0 bridgehead atoms. The fourth-order valence-electron chi connectivity index (χ4n) is 2.84. The zero-order chi connectivity index (χ0) is 19.9. The van der Waals surface area contributed by atoms with Gasteiger partial charge in [0.1, 0.15) is 0 Å². The van der Waals surface area contributed by atoms with Gasteiger partial charge in [0.25, 0.3) is 0 Å². The predicted octanol–water partition coefficient (Wildman–Crippen LogP) is 3.47. The minimum atomic E-state index is -0.300. The Balaban J connectivity index is 1.88. The van der Waals surface area contributed by atoms with Gasteiger partial charge in [-0.3, -0.25) is 9.36 Å². The normalized spacial score (nSPS) is 12.0. The molecule has 6 nitrogen and oxygen atoms in total. The minimum absolute atomic E-state index is 0.241. The van der Waals surface area contributed by atoms with E-state index in [4.69, 9.17) is 10.5 Å². The molecular weight excluding hydrogens is 372 g/mol. The van der Waals surface area contributed by atoms with Crippen molar-refractivity contribution in [3.8, 4) is 5.69 Å². The molecular formula is C21H24N4O2S. The highest BCUT2D eigenvalue weighted by molar-refractivity contribution is 7.99. The van der Waals surface area contributed by atoms with Crippen molar-refractivity contribution >= 4 is 17.7 Å². The lowest BCUT2D eigenvalue weighted by atomic mass is 10.1. The second-order valence-electron chi connectivity index (χ2n) is 6.48. The first kappa shape index (κ1) is 20.1. The highest BCUT2D eigenvalue weighted by Gasteiger charge is 2.20. The van der Waals surface area contributed by atoms with Gasteiger partial charge in [-0.25, -0.2) is 0 Å². The molecule has 146 valence electrons. The van der Waals surface area contributed by atoms with Gasteiger partial charge < -0.3 is 10.5 Å². The van der Waals surface area contributed by atoms with E-state index in [0.29, 0.717) is 29.6 Å². The van der Waals surface area contributed by atoms with E-state index >= 15 is 0 Å². The number of aryl methyl sites for hydroxylation is 1. The molecule has 0 radical (unpaired) electrons. The van der Waals surface area contributed by atoms with E-state index in [9.17, 15) is 4.79 Å². The molecule has 0 unspecified atom stereocenters. The summed E-state index contributed by atoms with van der Waals surface area (Å²) in [6, 6.07) is 17.9. The highest BCUT2D eigenvalue weighted by Crippen LogP contribution is 2.26. The lowest BCUT2D eigenvalue weighted by Crippen LogP contribution is -2.19. The molecule has 1 atom stereocenters. The third-order valence-corrected chi connectivity index (χ3v) is 5.28. The lowest BCUT2D eigenvalue weighted by Gasteiger charge is -2.15. The number of thioether (sulfide) groups is 1. The summed E-state index contributed by atoms with van der Waals surface area (Å²) in [4.78, 5) is 11.4. The third kappa shape index (κ3) is 4.99. The van der Waals surface area contributed by atoms with Crippen molar-refractivity contribution in [1.29, 1.82) is 0 Å². The van der Waals surface area contributed by atoms with Crippen molar-refractivity contribution in [3.63, 3.8) is 0 Å². The average Bonchev–Trinajstić information content (AvgIpc) is 3.13. The Labute approximate surface area is 169 Å². The second kappa shape index (κ2) is 9.52. The summed E-state index contributed by atoms with van der Waals surface area (Å²) in [5, 5.41) is 9.44. The Hall–Kier alpha value is -2.64. The molecule has 1 heterocycles. The summed E-state index contributed by atoms with van der Waals surface area (Å²) in [5.41, 5.74) is 9.77. The van der Waals surface area contributed by atoms with Gasteiger partial charge in [-0.15, -0.1) is 10.2 Å². The third-order valence-electron chi connectivity index (χ3n) is 4.35. The molecule has 0 spiro atoms. The van der Waals surface area contributed by atoms with Crippen molar-refractivity contribution in [3.05, 3.63) is 71.5 Å². The Kier molecular flexibility index (Phi) is 6.84.